The second-order valence-electron chi connectivity index (χ2n) is 5.24. The predicted molar refractivity (Wildman–Crippen MR) is 100.0 cm³/mol. The molecule has 3 rings (SSSR count). The van der Waals surface area contributed by atoms with Crippen molar-refractivity contribution < 1.29 is 4.79 Å². The van der Waals surface area contributed by atoms with Crippen molar-refractivity contribution in [2.45, 2.75) is 23.8 Å². The van der Waals surface area contributed by atoms with Gasteiger partial charge >= 0.3 is 0 Å². The number of fused-ring (bicyclic) bond motifs is 1. The van der Waals surface area contributed by atoms with Gasteiger partial charge in [0, 0.05) is 21.7 Å². The van der Waals surface area contributed by atoms with Crippen LogP contribution in [0.25, 0.3) is 10.2 Å². The minimum absolute atomic E-state index is 0.110. The molecule has 0 radical (unpaired) electrons. The Morgan fingerprint density at radius 3 is 2.92 bits per heavy atom. The van der Waals surface area contributed by atoms with Crippen LogP contribution in [0.4, 0.5) is 0 Å². The Morgan fingerprint density at radius 2 is 2.12 bits per heavy atom. The van der Waals surface area contributed by atoms with Gasteiger partial charge in [-0.3, -0.25) is 4.79 Å². The molecule has 0 saturated heterocycles. The summed E-state index contributed by atoms with van der Waals surface area (Å²) in [6.45, 7) is 8.25. The van der Waals surface area contributed by atoms with E-state index in [2.05, 4.69) is 35.7 Å². The van der Waals surface area contributed by atoms with Crippen molar-refractivity contribution in [3.8, 4) is 0 Å². The van der Waals surface area contributed by atoms with Crippen LogP contribution in [-0.4, -0.2) is 22.4 Å². The van der Waals surface area contributed by atoms with E-state index >= 15 is 0 Å². The van der Waals surface area contributed by atoms with Crippen LogP contribution in [-0.2, 0) is 0 Å². The molecule has 2 aromatic heterocycles. The molecule has 2 heterocycles. The van der Waals surface area contributed by atoms with E-state index in [1.54, 1.807) is 23.7 Å². The minimum atomic E-state index is -0.110. The molecule has 1 amide bonds. The van der Waals surface area contributed by atoms with Crippen molar-refractivity contribution in [2.24, 2.45) is 0 Å². The number of hydrogen-bond acceptors (Lipinski definition) is 5. The highest BCUT2D eigenvalue weighted by atomic mass is 32.2. The maximum absolute atomic E-state index is 12.3. The first-order valence-electron chi connectivity index (χ1n) is 7.48. The van der Waals surface area contributed by atoms with Gasteiger partial charge in [-0.25, -0.2) is 9.97 Å². The lowest BCUT2D eigenvalue weighted by molar-refractivity contribution is 0.0955. The van der Waals surface area contributed by atoms with Gasteiger partial charge in [0.15, 0.2) is 0 Å². The van der Waals surface area contributed by atoms with Crippen LogP contribution in [0.1, 0.15) is 20.8 Å². The Labute approximate surface area is 149 Å². The Kier molecular flexibility index (Phi) is 4.97. The van der Waals surface area contributed by atoms with E-state index < -0.39 is 0 Å². The molecule has 3 aromatic rings. The lowest BCUT2D eigenvalue weighted by atomic mass is 10.2. The third-order valence-electron chi connectivity index (χ3n) is 3.68. The number of aryl methyl sites for hydroxylation is 2. The molecule has 122 valence electrons. The zero-order valence-electron chi connectivity index (χ0n) is 13.5. The Morgan fingerprint density at radius 1 is 1.33 bits per heavy atom. The summed E-state index contributed by atoms with van der Waals surface area (Å²) in [5.41, 5.74) is 1.84. The van der Waals surface area contributed by atoms with Gasteiger partial charge in [-0.05, 0) is 31.5 Å². The number of carbonyl (C=O) groups excluding carboxylic acids is 1. The molecular weight excluding hydrogens is 338 g/mol. The highest BCUT2D eigenvalue weighted by molar-refractivity contribution is 7.99. The van der Waals surface area contributed by atoms with E-state index in [4.69, 9.17) is 0 Å². The molecule has 0 spiro atoms. The van der Waals surface area contributed by atoms with E-state index in [9.17, 15) is 4.79 Å². The fourth-order valence-electron chi connectivity index (χ4n) is 2.33. The molecule has 0 saturated carbocycles. The summed E-state index contributed by atoms with van der Waals surface area (Å²) in [5.74, 6) is -0.110. The van der Waals surface area contributed by atoms with Crippen molar-refractivity contribution in [2.75, 3.05) is 6.54 Å². The Balaban J connectivity index is 2.01. The molecule has 6 heteroatoms. The lowest BCUT2D eigenvalue weighted by Gasteiger charge is -2.09. The number of carbonyl (C=O) groups is 1. The third-order valence-corrected chi connectivity index (χ3v) is 5.87. The smallest absolute Gasteiger partial charge is 0.252 e. The van der Waals surface area contributed by atoms with Crippen molar-refractivity contribution in [1.82, 2.24) is 15.3 Å². The zero-order valence-corrected chi connectivity index (χ0v) is 15.1. The second kappa shape index (κ2) is 7.15. The zero-order chi connectivity index (χ0) is 17.1. The van der Waals surface area contributed by atoms with Gasteiger partial charge in [0.2, 0.25) is 0 Å². The summed E-state index contributed by atoms with van der Waals surface area (Å²) in [7, 11) is 0. The number of aromatic nitrogens is 2. The molecule has 24 heavy (non-hydrogen) atoms. The number of hydrogen-bond donors (Lipinski definition) is 1. The summed E-state index contributed by atoms with van der Waals surface area (Å²) >= 11 is 3.17. The largest absolute Gasteiger partial charge is 0.349 e. The highest BCUT2D eigenvalue weighted by Crippen LogP contribution is 2.38. The topological polar surface area (TPSA) is 54.9 Å². The van der Waals surface area contributed by atoms with Crippen LogP contribution in [0, 0.1) is 13.8 Å². The first kappa shape index (κ1) is 16.7. The monoisotopic (exact) mass is 355 g/mol. The molecule has 0 fully saturated rings. The van der Waals surface area contributed by atoms with Gasteiger partial charge < -0.3 is 5.32 Å². The van der Waals surface area contributed by atoms with Crippen LogP contribution in [0.15, 0.2) is 53.2 Å². The molecule has 0 atom stereocenters. The van der Waals surface area contributed by atoms with E-state index in [-0.39, 0.29) is 5.91 Å². The van der Waals surface area contributed by atoms with E-state index in [1.165, 1.54) is 22.2 Å². The van der Waals surface area contributed by atoms with Crippen LogP contribution in [0.5, 0.6) is 0 Å². The highest BCUT2D eigenvalue weighted by Gasteiger charge is 2.16. The Hall–Kier alpha value is -2.18. The first-order chi connectivity index (χ1) is 11.6. The average molecular weight is 355 g/mol. The molecule has 0 aliphatic carbocycles. The molecule has 0 bridgehead atoms. The molecule has 0 aliphatic rings. The van der Waals surface area contributed by atoms with Gasteiger partial charge in [0.25, 0.3) is 5.91 Å². The summed E-state index contributed by atoms with van der Waals surface area (Å²) in [4.78, 5) is 24.3. The van der Waals surface area contributed by atoms with Crippen LogP contribution >= 0.6 is 23.1 Å². The molecule has 1 N–H and O–H groups in total. The van der Waals surface area contributed by atoms with Crippen molar-refractivity contribution in [3.63, 3.8) is 0 Å². The quantitative estimate of drug-likeness (QED) is 0.545. The Bertz CT molecular complexity index is 918. The standard InChI is InChI=1S/C18H17N3OS2/c1-4-9-19-16(22)13-7-5-6-8-14(13)24-18-15-11(2)12(3)23-17(15)20-10-21-18/h4-8,10H,1,9H2,2-3H3,(H,19,22). The number of rotatable bonds is 5. The van der Waals surface area contributed by atoms with Gasteiger partial charge in [-0.15, -0.1) is 17.9 Å². The second-order valence-corrected chi connectivity index (χ2v) is 7.47. The predicted octanol–water partition coefficient (Wildman–Crippen LogP) is 4.38. The fourth-order valence-corrected chi connectivity index (χ4v) is 4.47. The molecule has 0 aliphatic heterocycles. The van der Waals surface area contributed by atoms with Crippen molar-refractivity contribution in [1.29, 1.82) is 0 Å². The number of amides is 1. The van der Waals surface area contributed by atoms with Gasteiger partial charge in [0.05, 0.1) is 5.56 Å². The average Bonchev–Trinajstić information content (AvgIpc) is 2.88. The summed E-state index contributed by atoms with van der Waals surface area (Å²) in [5, 5.41) is 4.78. The van der Waals surface area contributed by atoms with Gasteiger partial charge in [-0.2, -0.15) is 0 Å². The van der Waals surface area contributed by atoms with Gasteiger partial charge in [0.1, 0.15) is 16.2 Å². The molecular formula is C18H17N3OS2. The summed E-state index contributed by atoms with van der Waals surface area (Å²) < 4.78 is 0. The van der Waals surface area contributed by atoms with E-state index in [0.717, 1.165) is 20.1 Å². The summed E-state index contributed by atoms with van der Waals surface area (Å²) in [6.07, 6.45) is 3.25. The maximum atomic E-state index is 12.3. The fraction of sp³-hybridized carbons (Fsp3) is 0.167. The summed E-state index contributed by atoms with van der Waals surface area (Å²) in [6, 6.07) is 7.56. The number of thiophene rings is 1. The first-order valence-corrected chi connectivity index (χ1v) is 9.11. The SMILES string of the molecule is C=CCNC(=O)c1ccccc1Sc1ncnc2sc(C)c(C)c12. The van der Waals surface area contributed by atoms with Crippen LogP contribution < -0.4 is 5.32 Å². The third kappa shape index (κ3) is 3.20. The maximum Gasteiger partial charge on any atom is 0.252 e. The number of nitrogens with zero attached hydrogens (tertiary/aromatic N) is 2. The minimum Gasteiger partial charge on any atom is -0.349 e. The molecule has 1 aromatic carbocycles. The van der Waals surface area contributed by atoms with Crippen molar-refractivity contribution in [3.05, 3.63) is 59.3 Å². The number of benzene rings is 1. The van der Waals surface area contributed by atoms with Crippen LogP contribution in [0.2, 0.25) is 0 Å². The van der Waals surface area contributed by atoms with E-state index in [1.807, 2.05) is 24.3 Å². The number of nitrogens with one attached hydrogen (secondary N) is 1. The van der Waals surface area contributed by atoms with E-state index in [0.29, 0.717) is 12.1 Å². The van der Waals surface area contributed by atoms with Gasteiger partial charge in [-0.1, -0.05) is 30.0 Å². The molecule has 0 unspecified atom stereocenters. The molecule has 4 nitrogen and oxygen atoms in total. The van der Waals surface area contributed by atoms with Crippen LogP contribution in [0.3, 0.4) is 0 Å². The lowest BCUT2D eigenvalue weighted by Crippen LogP contribution is -2.23. The normalized spacial score (nSPS) is 10.8. The van der Waals surface area contributed by atoms with Crippen molar-refractivity contribution >= 4 is 39.2 Å².